The maximum atomic E-state index is 13.5. The minimum absolute atomic E-state index is 0.0271. The average Bonchev–Trinajstić information content (AvgIpc) is 3.39. The van der Waals surface area contributed by atoms with Gasteiger partial charge in [0, 0.05) is 44.4 Å². The molecular weight excluding hydrogens is 333 g/mol. The van der Waals surface area contributed by atoms with Crippen LogP contribution in [0.4, 0.5) is 4.39 Å². The lowest BCUT2D eigenvalue weighted by Gasteiger charge is -2.38. The normalized spacial score (nSPS) is 19.5. The van der Waals surface area contributed by atoms with Crippen LogP contribution in [-0.2, 0) is 16.0 Å². The number of carbonyl (C=O) groups is 1. The molecule has 0 aliphatic carbocycles. The highest BCUT2D eigenvalue weighted by Gasteiger charge is 2.40. The molecule has 0 spiro atoms. The van der Waals surface area contributed by atoms with Crippen LogP contribution in [-0.4, -0.2) is 30.3 Å². The molecule has 2 aliphatic heterocycles. The van der Waals surface area contributed by atoms with Crippen LogP contribution < -0.4 is 5.32 Å². The SMILES string of the molecule is C#CCCC1(CCC(=O)NC2(Cc3cccc(F)c3)CCOCC2)N=N1. The van der Waals surface area contributed by atoms with Gasteiger partial charge in [-0.25, -0.2) is 4.39 Å². The highest BCUT2D eigenvalue weighted by Crippen LogP contribution is 2.37. The van der Waals surface area contributed by atoms with E-state index in [1.165, 1.54) is 12.1 Å². The quantitative estimate of drug-likeness (QED) is 0.725. The van der Waals surface area contributed by atoms with E-state index in [2.05, 4.69) is 21.5 Å². The molecule has 2 heterocycles. The molecule has 0 bridgehead atoms. The van der Waals surface area contributed by atoms with E-state index in [1.807, 2.05) is 6.07 Å². The van der Waals surface area contributed by atoms with Crippen molar-refractivity contribution < 1.29 is 13.9 Å². The van der Waals surface area contributed by atoms with Gasteiger partial charge >= 0.3 is 0 Å². The lowest BCUT2D eigenvalue weighted by Crippen LogP contribution is -2.53. The van der Waals surface area contributed by atoms with Crippen molar-refractivity contribution >= 4 is 5.91 Å². The monoisotopic (exact) mass is 357 g/mol. The Morgan fingerprint density at radius 2 is 2.08 bits per heavy atom. The molecule has 1 aromatic carbocycles. The molecule has 0 unspecified atom stereocenters. The molecule has 26 heavy (non-hydrogen) atoms. The molecule has 1 fully saturated rings. The summed E-state index contributed by atoms with van der Waals surface area (Å²) in [6.07, 6.45) is 9.54. The summed E-state index contributed by atoms with van der Waals surface area (Å²) in [5, 5.41) is 11.3. The maximum absolute atomic E-state index is 13.5. The van der Waals surface area contributed by atoms with Crippen molar-refractivity contribution in [1.82, 2.24) is 5.32 Å². The number of amides is 1. The van der Waals surface area contributed by atoms with Crippen molar-refractivity contribution in [1.29, 1.82) is 0 Å². The van der Waals surface area contributed by atoms with Crippen molar-refractivity contribution in [3.8, 4) is 12.3 Å². The minimum Gasteiger partial charge on any atom is -0.381 e. The van der Waals surface area contributed by atoms with Crippen LogP contribution >= 0.6 is 0 Å². The van der Waals surface area contributed by atoms with Gasteiger partial charge in [-0.2, -0.15) is 10.2 Å². The number of halogens is 1. The molecule has 1 N–H and O–H groups in total. The number of carbonyl (C=O) groups excluding carboxylic acids is 1. The molecule has 3 rings (SSSR count). The maximum Gasteiger partial charge on any atom is 0.220 e. The van der Waals surface area contributed by atoms with Crippen molar-refractivity contribution in [2.45, 2.75) is 56.1 Å². The largest absolute Gasteiger partial charge is 0.381 e. The van der Waals surface area contributed by atoms with E-state index < -0.39 is 11.2 Å². The second-order valence-corrected chi connectivity index (χ2v) is 7.13. The first-order chi connectivity index (χ1) is 12.5. The van der Waals surface area contributed by atoms with Crippen LogP contribution in [0.2, 0.25) is 0 Å². The van der Waals surface area contributed by atoms with Gasteiger partial charge in [-0.1, -0.05) is 12.1 Å². The van der Waals surface area contributed by atoms with E-state index in [0.29, 0.717) is 58.2 Å². The van der Waals surface area contributed by atoms with Gasteiger partial charge in [0.2, 0.25) is 5.91 Å². The Hall–Kier alpha value is -2.26. The first kappa shape index (κ1) is 18.5. The number of hydrogen-bond donors (Lipinski definition) is 1. The molecule has 1 saturated heterocycles. The van der Waals surface area contributed by atoms with Crippen LogP contribution in [0.5, 0.6) is 0 Å². The van der Waals surface area contributed by atoms with E-state index in [-0.39, 0.29) is 11.7 Å². The van der Waals surface area contributed by atoms with Crippen molar-refractivity contribution in [3.63, 3.8) is 0 Å². The van der Waals surface area contributed by atoms with E-state index in [9.17, 15) is 9.18 Å². The van der Waals surface area contributed by atoms with Gasteiger partial charge in [0.15, 0.2) is 5.66 Å². The number of benzene rings is 1. The van der Waals surface area contributed by atoms with Gasteiger partial charge in [0.1, 0.15) is 5.82 Å². The number of nitrogens with zero attached hydrogens (tertiary/aromatic N) is 2. The zero-order chi connectivity index (χ0) is 18.5. The summed E-state index contributed by atoms with van der Waals surface area (Å²) in [6.45, 7) is 1.18. The molecule has 5 nitrogen and oxygen atoms in total. The first-order valence-electron chi connectivity index (χ1n) is 9.06. The summed E-state index contributed by atoms with van der Waals surface area (Å²) >= 11 is 0. The molecule has 1 aromatic rings. The summed E-state index contributed by atoms with van der Waals surface area (Å²) in [6, 6.07) is 6.55. The predicted octanol–water partition coefficient (Wildman–Crippen LogP) is 3.39. The van der Waals surface area contributed by atoms with Crippen LogP contribution in [0.3, 0.4) is 0 Å². The van der Waals surface area contributed by atoms with Crippen LogP contribution in [0.1, 0.15) is 44.1 Å². The highest BCUT2D eigenvalue weighted by atomic mass is 19.1. The van der Waals surface area contributed by atoms with E-state index in [0.717, 1.165) is 5.56 Å². The molecule has 1 amide bonds. The molecule has 138 valence electrons. The Balaban J connectivity index is 1.59. The van der Waals surface area contributed by atoms with Gasteiger partial charge in [-0.3, -0.25) is 4.79 Å². The van der Waals surface area contributed by atoms with Crippen LogP contribution in [0, 0.1) is 18.2 Å². The predicted molar refractivity (Wildman–Crippen MR) is 95.9 cm³/mol. The fourth-order valence-corrected chi connectivity index (χ4v) is 3.49. The Bertz CT molecular complexity index is 714. The molecule has 0 aromatic heterocycles. The zero-order valence-corrected chi connectivity index (χ0v) is 14.8. The molecule has 0 atom stereocenters. The summed E-state index contributed by atoms with van der Waals surface area (Å²) in [7, 11) is 0. The van der Waals surface area contributed by atoms with Crippen LogP contribution in [0.15, 0.2) is 34.5 Å². The van der Waals surface area contributed by atoms with Gasteiger partial charge in [-0.05, 0) is 37.0 Å². The summed E-state index contributed by atoms with van der Waals surface area (Å²) in [5.74, 6) is 2.30. The van der Waals surface area contributed by atoms with Gasteiger partial charge in [0.25, 0.3) is 0 Å². The molecule has 0 radical (unpaired) electrons. The minimum atomic E-state index is -0.449. The zero-order valence-electron chi connectivity index (χ0n) is 14.8. The summed E-state index contributed by atoms with van der Waals surface area (Å²) in [5.41, 5.74) is 0.0343. The van der Waals surface area contributed by atoms with Crippen molar-refractivity contribution in [3.05, 3.63) is 35.6 Å². The number of rotatable bonds is 8. The van der Waals surface area contributed by atoms with Gasteiger partial charge < -0.3 is 10.1 Å². The number of nitrogens with one attached hydrogen (secondary N) is 1. The average molecular weight is 357 g/mol. The van der Waals surface area contributed by atoms with E-state index in [4.69, 9.17) is 11.2 Å². The van der Waals surface area contributed by atoms with Crippen molar-refractivity contribution in [2.24, 2.45) is 10.2 Å². The second-order valence-electron chi connectivity index (χ2n) is 7.13. The topological polar surface area (TPSA) is 63.0 Å². The highest BCUT2D eigenvalue weighted by molar-refractivity contribution is 5.77. The lowest BCUT2D eigenvalue weighted by atomic mass is 9.83. The van der Waals surface area contributed by atoms with Gasteiger partial charge in [-0.15, -0.1) is 12.3 Å². The van der Waals surface area contributed by atoms with Crippen molar-refractivity contribution in [2.75, 3.05) is 13.2 Å². The number of ether oxygens (including phenoxy) is 1. The molecule has 2 aliphatic rings. The first-order valence-corrected chi connectivity index (χ1v) is 9.06. The standard InChI is InChI=1S/C20H24FN3O2/c1-2-3-8-20(23-24-20)9-7-18(25)22-19(10-12-26-13-11-19)15-16-5-4-6-17(21)14-16/h1,4-6,14H,3,7-13,15H2,(H,22,25). The smallest absolute Gasteiger partial charge is 0.220 e. The summed E-state index contributed by atoms with van der Waals surface area (Å²) in [4.78, 5) is 12.6. The third-order valence-corrected chi connectivity index (χ3v) is 5.09. The fraction of sp³-hybridized carbons (Fsp3) is 0.550. The third-order valence-electron chi connectivity index (χ3n) is 5.09. The third kappa shape index (κ3) is 4.89. The fourth-order valence-electron chi connectivity index (χ4n) is 3.49. The Kier molecular flexibility index (Phi) is 5.67. The molecule has 0 saturated carbocycles. The Labute approximate surface area is 153 Å². The Morgan fingerprint density at radius 3 is 2.73 bits per heavy atom. The van der Waals surface area contributed by atoms with Crippen LogP contribution in [0.25, 0.3) is 0 Å². The summed E-state index contributed by atoms with van der Waals surface area (Å²) < 4.78 is 19.0. The molecular formula is C20H24FN3O2. The molecule has 6 heteroatoms. The number of terminal acetylenes is 1. The Morgan fingerprint density at radius 1 is 1.31 bits per heavy atom. The lowest BCUT2D eigenvalue weighted by molar-refractivity contribution is -0.124. The van der Waals surface area contributed by atoms with Gasteiger partial charge in [0.05, 0.1) is 0 Å². The number of hydrogen-bond acceptors (Lipinski definition) is 4. The van der Waals surface area contributed by atoms with E-state index >= 15 is 0 Å². The second kappa shape index (κ2) is 7.96. The van der Waals surface area contributed by atoms with E-state index in [1.54, 1.807) is 6.07 Å².